The number of carbonyl (C=O) groups excluding carboxylic acids is 1. The zero-order valence-corrected chi connectivity index (χ0v) is 10.9. The van der Waals surface area contributed by atoms with Gasteiger partial charge in [0.25, 0.3) is 5.91 Å². The summed E-state index contributed by atoms with van der Waals surface area (Å²) in [4.78, 5) is 17.9. The summed E-state index contributed by atoms with van der Waals surface area (Å²) in [7, 11) is 0. The van der Waals surface area contributed by atoms with Crippen molar-refractivity contribution < 1.29 is 9.90 Å². The second kappa shape index (κ2) is 5.12. The molecule has 0 aromatic carbocycles. The third-order valence-electron chi connectivity index (χ3n) is 3.42. The molecule has 1 aliphatic rings. The summed E-state index contributed by atoms with van der Waals surface area (Å²) in [5, 5.41) is 9.50. The van der Waals surface area contributed by atoms with Crippen molar-refractivity contribution in [1.82, 2.24) is 9.88 Å². The van der Waals surface area contributed by atoms with E-state index < -0.39 is 0 Å². The number of aliphatic hydroxyl groups excluding tert-OH is 1. The molecule has 2 heterocycles. The van der Waals surface area contributed by atoms with Gasteiger partial charge in [-0.05, 0) is 18.4 Å². The van der Waals surface area contributed by atoms with Gasteiger partial charge in [0, 0.05) is 6.54 Å². The minimum absolute atomic E-state index is 0.0414. The van der Waals surface area contributed by atoms with E-state index in [1.54, 1.807) is 4.90 Å². The maximum atomic E-state index is 12.4. The average Bonchev–Trinajstić information content (AvgIpc) is 2.72. The molecule has 0 bridgehead atoms. The Morgan fingerprint density at radius 3 is 3.11 bits per heavy atom. The van der Waals surface area contributed by atoms with Crippen molar-refractivity contribution in [1.29, 1.82) is 0 Å². The van der Waals surface area contributed by atoms with Crippen molar-refractivity contribution in [2.45, 2.75) is 19.4 Å². The first-order valence-corrected chi connectivity index (χ1v) is 6.25. The Kier molecular flexibility index (Phi) is 3.73. The number of rotatable bonds is 2. The van der Waals surface area contributed by atoms with Gasteiger partial charge in [0.2, 0.25) is 0 Å². The first kappa shape index (κ1) is 13.1. The zero-order valence-electron chi connectivity index (χ0n) is 10.1. The summed E-state index contributed by atoms with van der Waals surface area (Å²) < 4.78 is 0. The summed E-state index contributed by atoms with van der Waals surface area (Å²) in [6, 6.07) is 1.37. The highest BCUT2D eigenvalue weighted by Gasteiger charge is 2.35. The normalized spacial score (nSPS) is 23.4. The maximum Gasteiger partial charge on any atom is 0.257 e. The lowest BCUT2D eigenvalue weighted by Gasteiger charge is -2.25. The van der Waals surface area contributed by atoms with Crippen molar-refractivity contribution in [2.24, 2.45) is 5.92 Å². The number of anilines is 1. The standard InChI is InChI=1S/C12H16ClN3O2/c1-7-2-3-16(10(7)6-17)12(18)9-4-8(14)5-15-11(9)13/h4-5,7,10,17H,2-3,6,14H2,1H3. The van der Waals surface area contributed by atoms with Gasteiger partial charge in [0.1, 0.15) is 5.15 Å². The Balaban J connectivity index is 2.28. The summed E-state index contributed by atoms with van der Waals surface area (Å²) in [5.41, 5.74) is 6.31. The van der Waals surface area contributed by atoms with Crippen LogP contribution in [0.3, 0.4) is 0 Å². The van der Waals surface area contributed by atoms with Crippen LogP contribution in [-0.4, -0.2) is 40.1 Å². The van der Waals surface area contributed by atoms with Gasteiger partial charge in [-0.1, -0.05) is 18.5 Å². The molecule has 2 rings (SSSR count). The molecule has 1 fully saturated rings. The highest BCUT2D eigenvalue weighted by molar-refractivity contribution is 6.32. The Hall–Kier alpha value is -1.33. The molecule has 0 radical (unpaired) electrons. The van der Waals surface area contributed by atoms with Crippen molar-refractivity contribution in [3.63, 3.8) is 0 Å². The highest BCUT2D eigenvalue weighted by Crippen LogP contribution is 2.27. The van der Waals surface area contributed by atoms with E-state index in [1.165, 1.54) is 12.3 Å². The number of nitrogen functional groups attached to an aromatic ring is 1. The van der Waals surface area contributed by atoms with Crippen LogP contribution in [0, 0.1) is 5.92 Å². The van der Waals surface area contributed by atoms with Crippen LogP contribution >= 0.6 is 11.6 Å². The molecule has 5 nitrogen and oxygen atoms in total. The lowest BCUT2D eigenvalue weighted by atomic mass is 10.0. The number of halogens is 1. The zero-order chi connectivity index (χ0) is 13.3. The Bertz CT molecular complexity index is 467. The number of nitrogens with zero attached hydrogens (tertiary/aromatic N) is 2. The molecule has 18 heavy (non-hydrogen) atoms. The second-order valence-corrected chi connectivity index (χ2v) is 4.98. The van der Waals surface area contributed by atoms with Crippen LogP contribution in [0.2, 0.25) is 5.15 Å². The molecule has 3 N–H and O–H groups in total. The molecular weight excluding hydrogens is 254 g/mol. The molecule has 98 valence electrons. The quantitative estimate of drug-likeness (QED) is 0.790. The van der Waals surface area contributed by atoms with Crippen molar-refractivity contribution >= 4 is 23.2 Å². The van der Waals surface area contributed by atoms with E-state index in [-0.39, 0.29) is 29.6 Å². The van der Waals surface area contributed by atoms with Gasteiger partial charge in [-0.2, -0.15) is 0 Å². The first-order chi connectivity index (χ1) is 8.54. The third-order valence-corrected chi connectivity index (χ3v) is 3.72. The molecule has 0 aliphatic carbocycles. The van der Waals surface area contributed by atoms with E-state index in [0.717, 1.165) is 6.42 Å². The summed E-state index contributed by atoms with van der Waals surface area (Å²) in [5.74, 6) is 0.0648. The molecule has 6 heteroatoms. The van der Waals surface area contributed by atoms with E-state index in [0.29, 0.717) is 17.8 Å². The molecule has 1 aromatic heterocycles. The van der Waals surface area contributed by atoms with Gasteiger partial charge < -0.3 is 15.7 Å². The predicted octanol–water partition coefficient (Wildman–Crippen LogP) is 1.16. The Morgan fingerprint density at radius 1 is 1.72 bits per heavy atom. The van der Waals surface area contributed by atoms with E-state index >= 15 is 0 Å². The minimum Gasteiger partial charge on any atom is -0.397 e. The van der Waals surface area contributed by atoms with Gasteiger partial charge >= 0.3 is 0 Å². The fourth-order valence-corrected chi connectivity index (χ4v) is 2.49. The number of hydrogen-bond donors (Lipinski definition) is 2. The van der Waals surface area contributed by atoms with Gasteiger partial charge in [-0.3, -0.25) is 4.79 Å². The molecule has 1 amide bonds. The molecular formula is C12H16ClN3O2. The first-order valence-electron chi connectivity index (χ1n) is 5.87. The van der Waals surface area contributed by atoms with E-state index in [2.05, 4.69) is 4.98 Å². The molecule has 2 atom stereocenters. The van der Waals surface area contributed by atoms with Gasteiger partial charge in [-0.15, -0.1) is 0 Å². The van der Waals surface area contributed by atoms with Crippen LogP contribution in [0.5, 0.6) is 0 Å². The van der Waals surface area contributed by atoms with E-state index in [4.69, 9.17) is 17.3 Å². The van der Waals surface area contributed by atoms with Gasteiger partial charge in [-0.25, -0.2) is 4.98 Å². The smallest absolute Gasteiger partial charge is 0.257 e. The Labute approximate surface area is 111 Å². The molecule has 0 spiro atoms. The lowest BCUT2D eigenvalue weighted by Crippen LogP contribution is -2.40. The fraction of sp³-hybridized carbons (Fsp3) is 0.500. The molecule has 1 aromatic rings. The average molecular weight is 270 g/mol. The molecule has 2 unspecified atom stereocenters. The number of aliphatic hydroxyl groups is 1. The summed E-state index contributed by atoms with van der Waals surface area (Å²) >= 11 is 5.92. The monoisotopic (exact) mass is 269 g/mol. The largest absolute Gasteiger partial charge is 0.397 e. The van der Waals surface area contributed by atoms with Crippen LogP contribution in [0.25, 0.3) is 0 Å². The second-order valence-electron chi connectivity index (χ2n) is 4.62. The number of pyridine rings is 1. The number of hydrogen-bond acceptors (Lipinski definition) is 4. The number of nitrogens with two attached hydrogens (primary N) is 1. The maximum absolute atomic E-state index is 12.4. The number of carbonyl (C=O) groups is 1. The van der Waals surface area contributed by atoms with Crippen LogP contribution in [0.1, 0.15) is 23.7 Å². The third kappa shape index (κ3) is 2.28. The Morgan fingerprint density at radius 2 is 2.44 bits per heavy atom. The van der Waals surface area contributed by atoms with Crippen molar-refractivity contribution in [3.8, 4) is 0 Å². The highest BCUT2D eigenvalue weighted by atomic mass is 35.5. The van der Waals surface area contributed by atoms with Crippen LogP contribution in [-0.2, 0) is 0 Å². The lowest BCUT2D eigenvalue weighted by molar-refractivity contribution is 0.0648. The van der Waals surface area contributed by atoms with E-state index in [1.807, 2.05) is 6.92 Å². The molecule has 1 saturated heterocycles. The van der Waals surface area contributed by atoms with Crippen LogP contribution < -0.4 is 5.73 Å². The van der Waals surface area contributed by atoms with Gasteiger partial charge in [0.05, 0.1) is 30.1 Å². The summed E-state index contributed by atoms with van der Waals surface area (Å²) in [6.45, 7) is 2.60. The topological polar surface area (TPSA) is 79.5 Å². The van der Waals surface area contributed by atoms with Crippen molar-refractivity contribution in [2.75, 3.05) is 18.9 Å². The number of amides is 1. The van der Waals surface area contributed by atoms with E-state index in [9.17, 15) is 9.90 Å². The number of aromatic nitrogens is 1. The minimum atomic E-state index is -0.219. The molecule has 0 saturated carbocycles. The van der Waals surface area contributed by atoms with Crippen LogP contribution in [0.4, 0.5) is 5.69 Å². The summed E-state index contributed by atoms with van der Waals surface area (Å²) in [6.07, 6.45) is 2.29. The molecule has 1 aliphatic heterocycles. The van der Waals surface area contributed by atoms with Gasteiger partial charge in [0.15, 0.2) is 0 Å². The van der Waals surface area contributed by atoms with Crippen molar-refractivity contribution in [3.05, 3.63) is 23.0 Å². The fourth-order valence-electron chi connectivity index (χ4n) is 2.31. The predicted molar refractivity (Wildman–Crippen MR) is 69.4 cm³/mol. The SMILES string of the molecule is CC1CCN(C(=O)c2cc(N)cnc2Cl)C1CO. The van der Waals surface area contributed by atoms with Crippen LogP contribution in [0.15, 0.2) is 12.3 Å². The number of likely N-dealkylation sites (tertiary alicyclic amines) is 1.